The van der Waals surface area contributed by atoms with E-state index in [2.05, 4.69) is 67.7 Å². The van der Waals surface area contributed by atoms with Crippen molar-refractivity contribution < 1.29 is 14.4 Å². The second-order valence-electron chi connectivity index (χ2n) is 15.6. The molecule has 3 aliphatic heterocycles. The van der Waals surface area contributed by atoms with E-state index < -0.39 is 0 Å². The second-order valence-corrected chi connectivity index (χ2v) is 15.6. The van der Waals surface area contributed by atoms with E-state index in [4.69, 9.17) is 0 Å². The first-order chi connectivity index (χ1) is 22.9. The Bertz CT molecular complexity index is 1680. The van der Waals surface area contributed by atoms with Gasteiger partial charge in [-0.3, -0.25) is 19.4 Å². The van der Waals surface area contributed by atoms with Crippen LogP contribution in [0.3, 0.4) is 0 Å². The van der Waals surface area contributed by atoms with Crippen LogP contribution >= 0.6 is 0 Å². The molecule has 0 saturated heterocycles. The van der Waals surface area contributed by atoms with Gasteiger partial charge in [-0.15, -0.1) is 0 Å². The van der Waals surface area contributed by atoms with Crippen molar-refractivity contribution in [3.8, 4) is 0 Å². The Hall–Kier alpha value is -4.66. The second kappa shape index (κ2) is 14.8. The van der Waals surface area contributed by atoms with Crippen molar-refractivity contribution in [2.24, 2.45) is 4.99 Å². The van der Waals surface area contributed by atoms with Gasteiger partial charge in [-0.1, -0.05) is 42.5 Å². The molecule has 0 fully saturated rings. The van der Waals surface area contributed by atoms with E-state index in [1.54, 1.807) is 11.1 Å². The van der Waals surface area contributed by atoms with Crippen LogP contribution in [-0.4, -0.2) is 78.7 Å². The summed E-state index contributed by atoms with van der Waals surface area (Å²) in [6, 6.07) is 23.7. The van der Waals surface area contributed by atoms with Gasteiger partial charge in [0.1, 0.15) is 6.54 Å². The van der Waals surface area contributed by atoms with E-state index in [0.717, 1.165) is 53.5 Å². The summed E-state index contributed by atoms with van der Waals surface area (Å²) in [5.41, 5.74) is 5.67. The lowest BCUT2D eigenvalue weighted by Crippen LogP contribution is -2.46. The molecule has 9 heteroatoms. The smallest absolute Gasteiger partial charge is 0.255 e. The van der Waals surface area contributed by atoms with E-state index in [1.165, 1.54) is 0 Å². The molecule has 0 aromatic heterocycles. The SMILES string of the molecule is CC(C)(C)N1C(=O)CN=Cc2ccccc21.CC(C)(C)N1CCC(=O)Nc2ccccc21.CN1CCN(C(C)(C)C)c2ccccc2C1=O. The molecule has 3 aromatic rings. The van der Waals surface area contributed by atoms with Crippen molar-refractivity contribution in [1.82, 2.24) is 4.90 Å². The molecule has 0 bridgehead atoms. The molecule has 3 aliphatic rings. The van der Waals surface area contributed by atoms with E-state index in [0.29, 0.717) is 6.42 Å². The third-order valence-electron chi connectivity index (χ3n) is 8.64. The highest BCUT2D eigenvalue weighted by Gasteiger charge is 2.31. The number of nitrogens with zero attached hydrogens (tertiary/aromatic N) is 5. The topological polar surface area (TPSA) is 88.6 Å². The summed E-state index contributed by atoms with van der Waals surface area (Å²) < 4.78 is 0. The molecule has 3 amide bonds. The molecule has 0 spiro atoms. The van der Waals surface area contributed by atoms with Crippen LogP contribution in [-0.2, 0) is 9.59 Å². The van der Waals surface area contributed by atoms with Crippen LogP contribution in [0.25, 0.3) is 0 Å². The maximum Gasteiger partial charge on any atom is 0.255 e. The van der Waals surface area contributed by atoms with E-state index in [1.807, 2.05) is 99.4 Å². The number of hydrogen-bond acceptors (Lipinski definition) is 6. The van der Waals surface area contributed by atoms with Gasteiger partial charge in [-0.2, -0.15) is 0 Å². The quantitative estimate of drug-likeness (QED) is 0.273. The van der Waals surface area contributed by atoms with Crippen molar-refractivity contribution in [2.75, 3.05) is 53.2 Å². The maximum atomic E-state index is 12.2. The Balaban J connectivity index is 0.000000166. The number of hydrogen-bond donors (Lipinski definition) is 1. The zero-order valence-electron chi connectivity index (χ0n) is 31.0. The highest BCUT2D eigenvalue weighted by atomic mass is 16.2. The van der Waals surface area contributed by atoms with Gasteiger partial charge < -0.3 is 24.9 Å². The number of benzodiazepines with no additional fused rings is 1. The molecule has 9 nitrogen and oxygen atoms in total. The van der Waals surface area contributed by atoms with Crippen molar-refractivity contribution in [1.29, 1.82) is 0 Å². The fourth-order valence-corrected chi connectivity index (χ4v) is 6.29. The lowest BCUT2D eigenvalue weighted by atomic mass is 10.0. The minimum atomic E-state index is -0.221. The van der Waals surface area contributed by atoms with E-state index in [9.17, 15) is 14.4 Å². The minimum absolute atomic E-state index is 0.0293. The molecule has 0 atom stereocenters. The van der Waals surface area contributed by atoms with Gasteiger partial charge in [0, 0.05) is 61.5 Å². The van der Waals surface area contributed by atoms with Crippen molar-refractivity contribution in [2.45, 2.75) is 85.4 Å². The number of amides is 3. The number of likely N-dealkylation sites (N-methyl/N-ethyl adjacent to an activating group) is 1. The summed E-state index contributed by atoms with van der Waals surface area (Å²) in [4.78, 5) is 48.2. The fourth-order valence-electron chi connectivity index (χ4n) is 6.29. The molecule has 3 heterocycles. The van der Waals surface area contributed by atoms with Gasteiger partial charge in [0.2, 0.25) is 11.8 Å². The van der Waals surface area contributed by atoms with Crippen LogP contribution in [0.5, 0.6) is 0 Å². The third kappa shape index (κ3) is 9.08. The average molecular weight is 667 g/mol. The zero-order valence-corrected chi connectivity index (χ0v) is 31.0. The Morgan fingerprint density at radius 3 is 1.82 bits per heavy atom. The first-order valence-electron chi connectivity index (χ1n) is 17.1. The highest BCUT2D eigenvalue weighted by Crippen LogP contribution is 2.34. The fraction of sp³-hybridized carbons (Fsp3) is 0.450. The summed E-state index contributed by atoms with van der Waals surface area (Å²) in [7, 11) is 1.87. The molecule has 6 rings (SSSR count). The van der Waals surface area contributed by atoms with Crippen LogP contribution in [0.1, 0.15) is 84.7 Å². The molecule has 0 saturated carbocycles. The number of fused-ring (bicyclic) bond motifs is 3. The summed E-state index contributed by atoms with van der Waals surface area (Å²) >= 11 is 0. The first kappa shape index (κ1) is 37.2. The number of rotatable bonds is 0. The Morgan fingerprint density at radius 2 is 1.18 bits per heavy atom. The predicted molar refractivity (Wildman–Crippen MR) is 203 cm³/mol. The van der Waals surface area contributed by atoms with Gasteiger partial charge in [-0.05, 0) is 92.6 Å². The van der Waals surface area contributed by atoms with Gasteiger partial charge in [0.05, 0.1) is 28.3 Å². The Kier molecular flexibility index (Phi) is 11.3. The predicted octanol–water partition coefficient (Wildman–Crippen LogP) is 7.26. The van der Waals surface area contributed by atoms with E-state index >= 15 is 0 Å². The molecular weight excluding hydrogens is 612 g/mol. The minimum Gasteiger partial charge on any atom is -0.364 e. The van der Waals surface area contributed by atoms with Crippen molar-refractivity contribution in [3.63, 3.8) is 0 Å². The van der Waals surface area contributed by atoms with Crippen molar-refractivity contribution in [3.05, 3.63) is 83.9 Å². The van der Waals surface area contributed by atoms with Gasteiger partial charge >= 0.3 is 0 Å². The van der Waals surface area contributed by atoms with Crippen LogP contribution in [0.2, 0.25) is 0 Å². The number of carbonyl (C=O) groups excluding carboxylic acids is 3. The number of benzene rings is 3. The lowest BCUT2D eigenvalue weighted by Gasteiger charge is -2.37. The Labute approximate surface area is 293 Å². The van der Waals surface area contributed by atoms with Crippen LogP contribution < -0.4 is 20.0 Å². The monoisotopic (exact) mass is 666 g/mol. The van der Waals surface area contributed by atoms with Crippen molar-refractivity contribution >= 4 is 46.7 Å². The lowest BCUT2D eigenvalue weighted by molar-refractivity contribution is -0.118. The number of carbonyl (C=O) groups is 3. The summed E-state index contributed by atoms with van der Waals surface area (Å²) in [5, 5.41) is 2.94. The van der Waals surface area contributed by atoms with Crippen LogP contribution in [0.15, 0.2) is 77.8 Å². The summed E-state index contributed by atoms with van der Waals surface area (Å²) in [6.07, 6.45) is 2.32. The zero-order chi connectivity index (χ0) is 36.1. The molecule has 1 N–H and O–H groups in total. The maximum absolute atomic E-state index is 12.2. The third-order valence-corrected chi connectivity index (χ3v) is 8.64. The van der Waals surface area contributed by atoms with E-state index in [-0.39, 0.29) is 40.9 Å². The van der Waals surface area contributed by atoms with Crippen LogP contribution in [0, 0.1) is 0 Å². The van der Waals surface area contributed by atoms with Gasteiger partial charge in [-0.25, -0.2) is 0 Å². The number of para-hydroxylation sites is 4. The largest absolute Gasteiger partial charge is 0.364 e. The molecular formula is C40H54N6O3. The first-order valence-corrected chi connectivity index (χ1v) is 17.1. The molecule has 3 aromatic carbocycles. The highest BCUT2D eigenvalue weighted by molar-refractivity contribution is 6.04. The Morgan fingerprint density at radius 1 is 0.633 bits per heavy atom. The van der Waals surface area contributed by atoms with Gasteiger partial charge in [0.25, 0.3) is 5.91 Å². The molecule has 0 radical (unpaired) electrons. The molecule has 0 unspecified atom stereocenters. The number of anilines is 4. The summed E-state index contributed by atoms with van der Waals surface area (Å²) in [5.74, 6) is 0.264. The number of aliphatic imine (C=N–C) groups is 1. The average Bonchev–Trinajstić information content (AvgIpc) is 3.36. The van der Waals surface area contributed by atoms with Gasteiger partial charge in [0.15, 0.2) is 0 Å². The standard InChI is InChI=1S/C14H20N2O.C13H16N2O.C13H18N2O/c1-14(2,3)16-10-9-15(4)13(17)11-7-5-6-8-12(11)16;1-13(2,3)15-11-7-5-4-6-10(11)8-14-9-12(15)16;1-13(2,3)15-9-8-12(16)14-10-6-4-5-7-11(10)15/h5-8H,9-10H2,1-4H3;4-8H,9H2,1-3H3;4-7H,8-9H2,1-3H3,(H,14,16). The molecule has 49 heavy (non-hydrogen) atoms. The molecule has 0 aliphatic carbocycles. The summed E-state index contributed by atoms with van der Waals surface area (Å²) in [6.45, 7) is 21.8. The van der Waals surface area contributed by atoms with Crippen LogP contribution in [0.4, 0.5) is 22.7 Å². The molecule has 262 valence electrons. The number of nitrogens with one attached hydrogen (secondary N) is 1. The normalized spacial score (nSPS) is 16.4.